The molecule has 1 heterocycles. The van der Waals surface area contributed by atoms with Gasteiger partial charge in [-0.05, 0) is 32.6 Å². The molecule has 0 aliphatic carbocycles. The molecule has 0 saturated carbocycles. The lowest BCUT2D eigenvalue weighted by atomic mass is 9.97. The average Bonchev–Trinajstić information content (AvgIpc) is 2.37. The Bertz CT molecular complexity index is 356. The van der Waals surface area contributed by atoms with Crippen LogP contribution in [0.5, 0.6) is 0 Å². The molecule has 6 heteroatoms. The molecule has 0 amide bonds. The van der Waals surface area contributed by atoms with Gasteiger partial charge in [0.2, 0.25) is 10.4 Å². The van der Waals surface area contributed by atoms with Crippen molar-refractivity contribution in [3.8, 4) is 0 Å². The molecule has 2 unspecified atom stereocenters. The largest absolute Gasteiger partial charge is 0.726 e. The molecular weight excluding hydrogens is 266 g/mol. The maximum Gasteiger partial charge on any atom is 0.217 e. The predicted molar refractivity (Wildman–Crippen MR) is 75.4 cm³/mol. The highest BCUT2D eigenvalue weighted by Crippen LogP contribution is 2.25. The summed E-state index contributed by atoms with van der Waals surface area (Å²) in [6, 6.07) is 0.953. The summed E-state index contributed by atoms with van der Waals surface area (Å²) in [6.45, 7) is 10.3. The third-order valence-electron chi connectivity index (χ3n) is 3.86. The van der Waals surface area contributed by atoms with E-state index < -0.39 is 10.4 Å². The van der Waals surface area contributed by atoms with Gasteiger partial charge in [0.25, 0.3) is 0 Å². The van der Waals surface area contributed by atoms with Crippen molar-refractivity contribution in [2.45, 2.75) is 45.6 Å². The molecule has 0 aromatic rings. The minimum atomic E-state index is -4.51. The van der Waals surface area contributed by atoms with E-state index >= 15 is 0 Å². The first kappa shape index (κ1) is 18.6. The van der Waals surface area contributed by atoms with Crippen LogP contribution in [0.15, 0.2) is 12.7 Å². The maximum absolute atomic E-state index is 9.56. The Morgan fingerprint density at radius 1 is 1.42 bits per heavy atom. The molecule has 0 aromatic carbocycles. The summed E-state index contributed by atoms with van der Waals surface area (Å²) in [6.07, 6.45) is 6.91. The number of hydrogen-bond acceptors (Lipinski definition) is 4. The van der Waals surface area contributed by atoms with Crippen LogP contribution in [0.3, 0.4) is 0 Å². The number of piperidine rings is 1. The van der Waals surface area contributed by atoms with Gasteiger partial charge in [-0.15, -0.1) is 6.58 Å². The predicted octanol–water partition coefficient (Wildman–Crippen LogP) is 2.06. The molecular formula is C13H27NO4S. The fourth-order valence-electron chi connectivity index (χ4n) is 2.54. The first-order valence-electron chi connectivity index (χ1n) is 6.84. The van der Waals surface area contributed by atoms with E-state index in [-0.39, 0.29) is 6.61 Å². The quantitative estimate of drug-likeness (QED) is 0.337. The molecule has 1 rings (SSSR count). The Kier molecular flexibility index (Phi) is 8.49. The lowest BCUT2D eigenvalue weighted by Gasteiger charge is -2.44. The average molecular weight is 293 g/mol. The highest BCUT2D eigenvalue weighted by molar-refractivity contribution is 7.80. The van der Waals surface area contributed by atoms with Crippen LogP contribution in [0.2, 0.25) is 0 Å². The van der Waals surface area contributed by atoms with Crippen molar-refractivity contribution in [3.63, 3.8) is 0 Å². The Morgan fingerprint density at radius 3 is 2.37 bits per heavy atom. The van der Waals surface area contributed by atoms with E-state index in [1.54, 1.807) is 0 Å². The summed E-state index contributed by atoms with van der Waals surface area (Å²) in [5.41, 5.74) is 0. The van der Waals surface area contributed by atoms with Crippen LogP contribution in [0.1, 0.15) is 39.5 Å². The third-order valence-corrected chi connectivity index (χ3v) is 4.29. The van der Waals surface area contributed by atoms with E-state index in [4.69, 9.17) is 0 Å². The summed E-state index contributed by atoms with van der Waals surface area (Å²) in [5, 5.41) is 0. The second kappa shape index (κ2) is 8.68. The molecule has 0 radical (unpaired) electrons. The SMILES string of the molecule is C=CCOS(=O)(=O)[O-].CCC1CCCC[N+]1(C)CC. The molecule has 1 aliphatic rings. The summed E-state index contributed by atoms with van der Waals surface area (Å²) < 4.78 is 33.7. The summed E-state index contributed by atoms with van der Waals surface area (Å²) in [7, 11) is -2.08. The minimum Gasteiger partial charge on any atom is -0.726 e. The van der Waals surface area contributed by atoms with Crippen molar-refractivity contribution in [2.75, 3.05) is 26.7 Å². The molecule has 0 aromatic heterocycles. The number of hydrogen-bond donors (Lipinski definition) is 0. The van der Waals surface area contributed by atoms with E-state index in [0.29, 0.717) is 0 Å². The second-order valence-electron chi connectivity index (χ2n) is 5.06. The van der Waals surface area contributed by atoms with Crippen LogP contribution in [-0.2, 0) is 14.6 Å². The van der Waals surface area contributed by atoms with Crippen molar-refractivity contribution in [1.29, 1.82) is 0 Å². The first-order chi connectivity index (χ1) is 8.79. The van der Waals surface area contributed by atoms with Crippen molar-refractivity contribution in [3.05, 3.63) is 12.7 Å². The number of quaternary nitrogens is 1. The van der Waals surface area contributed by atoms with Crippen molar-refractivity contribution >= 4 is 10.4 Å². The van der Waals surface area contributed by atoms with Gasteiger partial charge in [0.05, 0.1) is 32.8 Å². The molecule has 2 atom stereocenters. The van der Waals surface area contributed by atoms with Gasteiger partial charge in [0, 0.05) is 0 Å². The van der Waals surface area contributed by atoms with Crippen molar-refractivity contribution in [1.82, 2.24) is 0 Å². The molecule has 0 N–H and O–H groups in total. The van der Waals surface area contributed by atoms with Crippen molar-refractivity contribution < 1.29 is 21.6 Å². The van der Waals surface area contributed by atoms with Gasteiger partial charge in [-0.3, -0.25) is 4.18 Å². The smallest absolute Gasteiger partial charge is 0.217 e. The molecule has 19 heavy (non-hydrogen) atoms. The zero-order chi connectivity index (χ0) is 14.9. The molecule has 1 aliphatic heterocycles. The van der Waals surface area contributed by atoms with E-state index in [2.05, 4.69) is 31.7 Å². The fraction of sp³-hybridized carbons (Fsp3) is 0.846. The molecule has 1 saturated heterocycles. The lowest BCUT2D eigenvalue weighted by molar-refractivity contribution is -0.936. The van der Waals surface area contributed by atoms with Crippen molar-refractivity contribution in [2.24, 2.45) is 0 Å². The van der Waals surface area contributed by atoms with Gasteiger partial charge in [-0.2, -0.15) is 0 Å². The normalized spacial score (nSPS) is 27.3. The monoisotopic (exact) mass is 293 g/mol. The maximum atomic E-state index is 9.56. The first-order valence-corrected chi connectivity index (χ1v) is 8.17. The molecule has 5 nitrogen and oxygen atoms in total. The number of likely N-dealkylation sites (tertiary alicyclic amines) is 1. The summed E-state index contributed by atoms with van der Waals surface area (Å²) in [5.74, 6) is 0. The Balaban J connectivity index is 0.000000362. The topological polar surface area (TPSA) is 66.4 Å². The van der Waals surface area contributed by atoms with Crippen LogP contribution in [0.25, 0.3) is 0 Å². The van der Waals surface area contributed by atoms with Crippen LogP contribution < -0.4 is 0 Å². The molecule has 0 spiro atoms. The second-order valence-corrected chi connectivity index (χ2v) is 6.11. The highest BCUT2D eigenvalue weighted by atomic mass is 32.3. The Labute approximate surface area is 117 Å². The summed E-state index contributed by atoms with van der Waals surface area (Å²) >= 11 is 0. The van der Waals surface area contributed by atoms with Gasteiger partial charge in [-0.1, -0.05) is 13.0 Å². The molecule has 0 bridgehead atoms. The van der Waals surface area contributed by atoms with E-state index in [0.717, 1.165) is 6.04 Å². The zero-order valence-electron chi connectivity index (χ0n) is 12.3. The fourth-order valence-corrected chi connectivity index (χ4v) is 2.80. The Hall–Kier alpha value is -0.430. The summed E-state index contributed by atoms with van der Waals surface area (Å²) in [4.78, 5) is 0. The van der Waals surface area contributed by atoms with Crippen LogP contribution in [0.4, 0.5) is 0 Å². The van der Waals surface area contributed by atoms with Gasteiger partial charge in [-0.25, -0.2) is 8.42 Å². The van der Waals surface area contributed by atoms with E-state index in [9.17, 15) is 13.0 Å². The van der Waals surface area contributed by atoms with Crippen LogP contribution in [0, 0.1) is 0 Å². The van der Waals surface area contributed by atoms with Gasteiger partial charge < -0.3 is 9.04 Å². The standard InChI is InChI=1S/C10H22N.C3H6O4S/c1-4-10-8-6-7-9-11(10,3)5-2;1-2-3-7-8(4,5)6/h10H,4-9H2,1-3H3;2H,1,3H2,(H,4,5,6)/q+1;/p-1. The minimum absolute atomic E-state index is 0.258. The number of nitrogens with zero attached hydrogens (tertiary/aromatic N) is 1. The van der Waals surface area contributed by atoms with Crippen LogP contribution >= 0.6 is 0 Å². The molecule has 1 fully saturated rings. The van der Waals surface area contributed by atoms with Crippen LogP contribution in [-0.4, -0.2) is 50.2 Å². The molecule has 114 valence electrons. The Morgan fingerprint density at radius 2 is 2.05 bits per heavy atom. The van der Waals surface area contributed by atoms with Gasteiger partial charge in [0.1, 0.15) is 0 Å². The highest BCUT2D eigenvalue weighted by Gasteiger charge is 2.31. The van der Waals surface area contributed by atoms with E-state index in [1.165, 1.54) is 49.3 Å². The lowest BCUT2D eigenvalue weighted by Crippen LogP contribution is -2.54. The van der Waals surface area contributed by atoms with Gasteiger partial charge >= 0.3 is 0 Å². The van der Waals surface area contributed by atoms with Gasteiger partial charge in [0.15, 0.2) is 0 Å². The zero-order valence-corrected chi connectivity index (χ0v) is 13.1. The van der Waals surface area contributed by atoms with E-state index in [1.807, 2.05) is 0 Å². The number of rotatable bonds is 5. The third kappa shape index (κ3) is 7.67.